The quantitative estimate of drug-likeness (QED) is 0.851. The number of carbonyl (C=O) groups excluding carboxylic acids is 2. The number of benzene rings is 1. The number of anilines is 1. The molecule has 0 aliphatic carbocycles. The molecule has 0 bridgehead atoms. The van der Waals surface area contributed by atoms with E-state index >= 15 is 0 Å². The molecule has 1 aromatic rings. The van der Waals surface area contributed by atoms with Gasteiger partial charge in [-0.1, -0.05) is 11.8 Å². The van der Waals surface area contributed by atoms with Crippen LogP contribution in [-0.2, 0) is 9.59 Å². The first-order chi connectivity index (χ1) is 7.99. The van der Waals surface area contributed by atoms with E-state index in [0.29, 0.717) is 5.69 Å². The molecule has 2 N–H and O–H groups in total. The Morgan fingerprint density at radius 1 is 1.24 bits per heavy atom. The highest BCUT2D eigenvalue weighted by Crippen LogP contribution is 2.10. The average Bonchev–Trinajstić information content (AvgIpc) is 2.27. The standard InChI is InChI=1S/C11H11NO4S/c1-7(13)17-6-10(14)12-9-4-2-8(3-5-9)11(15)16/h2-5H,6H2,1H3,(H,12,14)(H,15,16). The molecule has 0 spiro atoms. The second-order valence-electron chi connectivity index (χ2n) is 3.21. The van der Waals surface area contributed by atoms with Gasteiger partial charge in [0.05, 0.1) is 11.3 Å². The Hall–Kier alpha value is -1.82. The maximum atomic E-state index is 11.3. The molecule has 0 saturated carbocycles. The van der Waals surface area contributed by atoms with Crippen LogP contribution in [0.5, 0.6) is 0 Å². The molecule has 6 heteroatoms. The zero-order valence-electron chi connectivity index (χ0n) is 9.10. The molecule has 0 aliphatic heterocycles. The summed E-state index contributed by atoms with van der Waals surface area (Å²) in [6.07, 6.45) is 0. The molecule has 17 heavy (non-hydrogen) atoms. The van der Waals surface area contributed by atoms with E-state index in [0.717, 1.165) is 11.8 Å². The van der Waals surface area contributed by atoms with E-state index in [9.17, 15) is 14.4 Å². The van der Waals surface area contributed by atoms with Crippen molar-refractivity contribution in [1.29, 1.82) is 0 Å². The van der Waals surface area contributed by atoms with E-state index in [1.807, 2.05) is 0 Å². The number of carbonyl (C=O) groups is 3. The molecule has 0 atom stereocenters. The van der Waals surface area contributed by atoms with Gasteiger partial charge in [-0.2, -0.15) is 0 Å². The number of thioether (sulfide) groups is 1. The van der Waals surface area contributed by atoms with Crippen LogP contribution in [0.25, 0.3) is 0 Å². The molecule has 5 nitrogen and oxygen atoms in total. The molecule has 0 aliphatic rings. The molecule has 90 valence electrons. The molecule has 0 unspecified atom stereocenters. The molecule has 0 saturated heterocycles. The summed E-state index contributed by atoms with van der Waals surface area (Å²) in [6.45, 7) is 1.39. The second-order valence-corrected chi connectivity index (χ2v) is 4.36. The summed E-state index contributed by atoms with van der Waals surface area (Å²) in [7, 11) is 0. The van der Waals surface area contributed by atoms with Crippen molar-refractivity contribution < 1.29 is 19.5 Å². The van der Waals surface area contributed by atoms with Crippen LogP contribution in [-0.4, -0.2) is 27.9 Å². The van der Waals surface area contributed by atoms with Gasteiger partial charge in [0.25, 0.3) is 0 Å². The van der Waals surface area contributed by atoms with Crippen LogP contribution in [0.1, 0.15) is 17.3 Å². The zero-order chi connectivity index (χ0) is 12.8. The fraction of sp³-hybridized carbons (Fsp3) is 0.182. The number of nitrogens with one attached hydrogen (secondary N) is 1. The van der Waals surface area contributed by atoms with Crippen LogP contribution in [0.4, 0.5) is 5.69 Å². The number of hydrogen-bond donors (Lipinski definition) is 2. The number of hydrogen-bond acceptors (Lipinski definition) is 4. The Balaban J connectivity index is 2.54. The monoisotopic (exact) mass is 253 g/mol. The number of rotatable bonds is 4. The summed E-state index contributed by atoms with van der Waals surface area (Å²) in [5.41, 5.74) is 0.658. The predicted molar refractivity (Wildman–Crippen MR) is 65.2 cm³/mol. The highest BCUT2D eigenvalue weighted by atomic mass is 32.2. The maximum absolute atomic E-state index is 11.3. The van der Waals surface area contributed by atoms with Crippen molar-refractivity contribution in [3.63, 3.8) is 0 Å². The molecule has 0 aromatic heterocycles. The Kier molecular flexibility index (Phi) is 4.71. The van der Waals surface area contributed by atoms with E-state index < -0.39 is 5.97 Å². The Morgan fingerprint density at radius 3 is 2.29 bits per heavy atom. The van der Waals surface area contributed by atoms with Crippen LogP contribution in [0.3, 0.4) is 0 Å². The summed E-state index contributed by atoms with van der Waals surface area (Å²) in [5, 5.41) is 11.1. The summed E-state index contributed by atoms with van der Waals surface area (Å²) < 4.78 is 0. The molecule has 1 amide bonds. The van der Waals surface area contributed by atoms with Crippen molar-refractivity contribution in [1.82, 2.24) is 0 Å². The molecular weight excluding hydrogens is 242 g/mol. The molecule has 0 heterocycles. The van der Waals surface area contributed by atoms with Gasteiger partial charge in [0, 0.05) is 12.6 Å². The third kappa shape index (κ3) is 4.69. The van der Waals surface area contributed by atoms with Crippen molar-refractivity contribution >= 4 is 34.4 Å². The van der Waals surface area contributed by atoms with Crippen LogP contribution in [0, 0.1) is 0 Å². The first-order valence-electron chi connectivity index (χ1n) is 4.75. The highest BCUT2D eigenvalue weighted by Gasteiger charge is 2.06. The van der Waals surface area contributed by atoms with Gasteiger partial charge < -0.3 is 10.4 Å². The van der Waals surface area contributed by atoms with E-state index in [-0.39, 0.29) is 22.3 Å². The highest BCUT2D eigenvalue weighted by molar-refractivity contribution is 8.14. The third-order valence-corrected chi connectivity index (χ3v) is 2.64. The van der Waals surface area contributed by atoms with Gasteiger partial charge in [-0.25, -0.2) is 4.79 Å². The van der Waals surface area contributed by atoms with Gasteiger partial charge in [-0.05, 0) is 24.3 Å². The van der Waals surface area contributed by atoms with Crippen LogP contribution in [0.2, 0.25) is 0 Å². The minimum atomic E-state index is -1.02. The number of aromatic carboxylic acids is 1. The lowest BCUT2D eigenvalue weighted by Crippen LogP contribution is -2.14. The van der Waals surface area contributed by atoms with Crippen molar-refractivity contribution in [3.8, 4) is 0 Å². The van der Waals surface area contributed by atoms with Gasteiger partial charge in [0.15, 0.2) is 5.12 Å². The minimum absolute atomic E-state index is 0.0516. The normalized spacial score (nSPS) is 9.71. The van der Waals surface area contributed by atoms with Gasteiger partial charge in [-0.3, -0.25) is 9.59 Å². The second kappa shape index (κ2) is 6.05. The van der Waals surface area contributed by atoms with Crippen molar-refractivity contribution in [2.45, 2.75) is 6.92 Å². The summed E-state index contributed by atoms with van der Waals surface area (Å²) >= 11 is 0.922. The van der Waals surface area contributed by atoms with Crippen LogP contribution < -0.4 is 5.32 Å². The summed E-state index contributed by atoms with van der Waals surface area (Å²) in [6, 6.07) is 5.80. The van der Waals surface area contributed by atoms with Crippen molar-refractivity contribution in [2.75, 3.05) is 11.1 Å². The lowest BCUT2D eigenvalue weighted by Gasteiger charge is -2.04. The summed E-state index contributed by atoms with van der Waals surface area (Å²) in [4.78, 5) is 32.6. The van der Waals surface area contributed by atoms with Gasteiger partial charge >= 0.3 is 5.97 Å². The fourth-order valence-electron chi connectivity index (χ4n) is 1.06. The van der Waals surface area contributed by atoms with E-state index in [2.05, 4.69) is 5.32 Å². The molecule has 1 aromatic carbocycles. The predicted octanol–water partition coefficient (Wildman–Crippen LogP) is 1.60. The molecule has 0 fully saturated rings. The van der Waals surface area contributed by atoms with E-state index in [4.69, 9.17) is 5.11 Å². The number of carboxylic acid groups (broad SMARTS) is 1. The first kappa shape index (κ1) is 13.2. The number of amides is 1. The SMILES string of the molecule is CC(=O)SCC(=O)Nc1ccc(C(=O)O)cc1. The van der Waals surface area contributed by atoms with Crippen LogP contribution >= 0.6 is 11.8 Å². The van der Waals surface area contributed by atoms with E-state index in [1.165, 1.54) is 31.2 Å². The van der Waals surface area contributed by atoms with Gasteiger partial charge in [0.2, 0.25) is 5.91 Å². The maximum Gasteiger partial charge on any atom is 0.335 e. The first-order valence-corrected chi connectivity index (χ1v) is 5.74. The molecule has 0 radical (unpaired) electrons. The lowest BCUT2D eigenvalue weighted by molar-refractivity contribution is -0.114. The Morgan fingerprint density at radius 2 is 1.82 bits per heavy atom. The zero-order valence-corrected chi connectivity index (χ0v) is 9.91. The van der Waals surface area contributed by atoms with Crippen LogP contribution in [0.15, 0.2) is 24.3 Å². The van der Waals surface area contributed by atoms with E-state index in [1.54, 1.807) is 0 Å². The third-order valence-electron chi connectivity index (χ3n) is 1.82. The summed E-state index contributed by atoms with van der Waals surface area (Å²) in [5.74, 6) is -1.26. The Labute approximate surface area is 102 Å². The largest absolute Gasteiger partial charge is 0.478 e. The minimum Gasteiger partial charge on any atom is -0.478 e. The molecule has 1 rings (SSSR count). The van der Waals surface area contributed by atoms with Crippen molar-refractivity contribution in [3.05, 3.63) is 29.8 Å². The lowest BCUT2D eigenvalue weighted by atomic mass is 10.2. The molecular formula is C11H11NO4S. The fourth-order valence-corrected chi connectivity index (χ4v) is 1.47. The number of carboxylic acids is 1. The average molecular weight is 253 g/mol. The Bertz CT molecular complexity index is 441. The van der Waals surface area contributed by atoms with Crippen molar-refractivity contribution in [2.24, 2.45) is 0 Å². The van der Waals surface area contributed by atoms with Gasteiger partial charge in [-0.15, -0.1) is 0 Å². The van der Waals surface area contributed by atoms with Gasteiger partial charge in [0.1, 0.15) is 0 Å². The topological polar surface area (TPSA) is 83.5 Å². The smallest absolute Gasteiger partial charge is 0.335 e.